The Morgan fingerprint density at radius 1 is 1.53 bits per heavy atom. The maximum absolute atomic E-state index is 12.2. The van der Waals surface area contributed by atoms with Crippen molar-refractivity contribution in [1.82, 2.24) is 4.72 Å². The van der Waals surface area contributed by atoms with Crippen LogP contribution in [-0.4, -0.2) is 33.9 Å². The number of sulfone groups is 1. The molecule has 0 spiro atoms. The minimum absolute atomic E-state index is 0.000904. The van der Waals surface area contributed by atoms with Crippen LogP contribution in [0.25, 0.3) is 0 Å². The first kappa shape index (κ1) is 15.7. The molecule has 1 aromatic heterocycles. The fourth-order valence-corrected chi connectivity index (χ4v) is 7.94. The van der Waals surface area contributed by atoms with Crippen LogP contribution in [0.5, 0.6) is 0 Å². The van der Waals surface area contributed by atoms with Gasteiger partial charge in [-0.3, -0.25) is 0 Å². The maximum Gasteiger partial charge on any atom is 0.250 e. The van der Waals surface area contributed by atoms with E-state index in [1.807, 2.05) is 0 Å². The number of sulfonamides is 1. The monoisotopic (exact) mass is 407 g/mol. The molecule has 1 aromatic rings. The summed E-state index contributed by atoms with van der Waals surface area (Å²) in [7, 11) is -6.93. The predicted molar refractivity (Wildman–Crippen MR) is 79.0 cm³/mol. The van der Waals surface area contributed by atoms with E-state index in [4.69, 9.17) is 11.6 Å². The Kier molecular flexibility index (Phi) is 4.10. The molecule has 1 fully saturated rings. The molecular weight excluding hydrogens is 398 g/mol. The van der Waals surface area contributed by atoms with Gasteiger partial charge in [-0.25, -0.2) is 21.6 Å². The van der Waals surface area contributed by atoms with Crippen molar-refractivity contribution in [3.05, 3.63) is 14.9 Å². The topological polar surface area (TPSA) is 80.3 Å². The van der Waals surface area contributed by atoms with Gasteiger partial charge in [0.2, 0.25) is 0 Å². The molecule has 0 radical (unpaired) electrons. The highest BCUT2D eigenvalue weighted by Gasteiger charge is 2.41. The van der Waals surface area contributed by atoms with Crippen LogP contribution in [-0.2, 0) is 19.9 Å². The fourth-order valence-electron chi connectivity index (χ4n) is 1.92. The van der Waals surface area contributed by atoms with Gasteiger partial charge in [0.1, 0.15) is 4.21 Å². The molecule has 0 bridgehead atoms. The lowest BCUT2D eigenvalue weighted by molar-refractivity contribution is 0.462. The molecule has 0 saturated carbocycles. The van der Waals surface area contributed by atoms with Gasteiger partial charge in [0, 0.05) is 5.54 Å². The van der Waals surface area contributed by atoms with E-state index < -0.39 is 25.4 Å². The van der Waals surface area contributed by atoms with Gasteiger partial charge in [-0.1, -0.05) is 11.6 Å². The van der Waals surface area contributed by atoms with Gasteiger partial charge in [-0.05, 0) is 35.3 Å². The molecule has 1 saturated heterocycles. The third kappa shape index (κ3) is 3.51. The summed E-state index contributed by atoms with van der Waals surface area (Å²) in [5.74, 6) is -0.180. The summed E-state index contributed by atoms with van der Waals surface area (Å²) in [5.41, 5.74) is -0.958. The molecule has 0 aromatic carbocycles. The third-order valence-electron chi connectivity index (χ3n) is 2.77. The van der Waals surface area contributed by atoms with Crippen molar-refractivity contribution < 1.29 is 16.8 Å². The zero-order chi connectivity index (χ0) is 14.5. The Balaban J connectivity index is 2.28. The van der Waals surface area contributed by atoms with Gasteiger partial charge in [-0.2, -0.15) is 0 Å². The number of hydrogen-bond acceptors (Lipinski definition) is 5. The van der Waals surface area contributed by atoms with Crippen LogP contribution in [0.1, 0.15) is 13.3 Å². The zero-order valence-corrected chi connectivity index (χ0v) is 14.6. The van der Waals surface area contributed by atoms with E-state index in [1.54, 1.807) is 6.92 Å². The van der Waals surface area contributed by atoms with Crippen molar-refractivity contribution in [1.29, 1.82) is 0 Å². The largest absolute Gasteiger partial charge is 0.250 e. The number of hydrogen-bond donors (Lipinski definition) is 1. The van der Waals surface area contributed by atoms with Crippen molar-refractivity contribution in [2.45, 2.75) is 23.1 Å². The third-order valence-corrected chi connectivity index (χ3v) is 9.26. The Morgan fingerprint density at radius 3 is 2.58 bits per heavy atom. The van der Waals surface area contributed by atoms with E-state index in [0.29, 0.717) is 8.81 Å². The molecule has 1 aliphatic heterocycles. The van der Waals surface area contributed by atoms with Crippen molar-refractivity contribution in [3.63, 3.8) is 0 Å². The number of nitrogens with one attached hydrogen (secondary N) is 1. The first-order valence-corrected chi connectivity index (χ1v) is 10.5. The average molecular weight is 409 g/mol. The Hall–Kier alpha value is 0.330. The van der Waals surface area contributed by atoms with Crippen LogP contribution in [0.4, 0.5) is 0 Å². The summed E-state index contributed by atoms with van der Waals surface area (Å²) in [5, 5.41) is 0.314. The highest BCUT2D eigenvalue weighted by molar-refractivity contribution is 9.11. The molecule has 19 heavy (non-hydrogen) atoms. The standard InChI is InChI=1S/C9H11BrClNO4S3/c1-9(2-3-18(13,14)5-9)12-19(15,16)7-4-6(11)8(10)17-7/h4,12H,2-3,5H2,1H3. The fraction of sp³-hybridized carbons (Fsp3) is 0.556. The second kappa shape index (κ2) is 4.96. The summed E-state index contributed by atoms with van der Waals surface area (Å²) in [6.07, 6.45) is 0.273. The molecule has 1 unspecified atom stereocenters. The maximum atomic E-state index is 12.2. The van der Waals surface area contributed by atoms with E-state index in [0.717, 1.165) is 11.3 Å². The normalized spacial score (nSPS) is 26.7. The summed E-state index contributed by atoms with van der Waals surface area (Å²) < 4.78 is 50.4. The second-order valence-corrected chi connectivity index (χ2v) is 11.6. The van der Waals surface area contributed by atoms with Crippen molar-refractivity contribution >= 4 is 58.7 Å². The molecule has 10 heteroatoms. The number of rotatable bonds is 3. The lowest BCUT2D eigenvalue weighted by Crippen LogP contribution is -2.46. The van der Waals surface area contributed by atoms with Gasteiger partial charge in [0.05, 0.1) is 20.3 Å². The summed E-state index contributed by atoms with van der Waals surface area (Å²) in [6.45, 7) is 1.60. The Bertz CT molecular complexity index is 692. The summed E-state index contributed by atoms with van der Waals surface area (Å²) >= 11 is 9.95. The van der Waals surface area contributed by atoms with E-state index in [2.05, 4.69) is 20.7 Å². The molecule has 1 N–H and O–H groups in total. The lowest BCUT2D eigenvalue weighted by Gasteiger charge is -2.22. The molecule has 1 aliphatic rings. The predicted octanol–water partition coefficient (Wildman–Crippen LogP) is 2.02. The summed E-state index contributed by atoms with van der Waals surface area (Å²) in [6, 6.07) is 1.34. The van der Waals surface area contributed by atoms with Crippen LogP contribution in [0.3, 0.4) is 0 Å². The highest BCUT2D eigenvalue weighted by Crippen LogP contribution is 2.35. The van der Waals surface area contributed by atoms with Gasteiger partial charge in [-0.15, -0.1) is 11.3 Å². The van der Waals surface area contributed by atoms with Gasteiger partial charge < -0.3 is 0 Å². The highest BCUT2D eigenvalue weighted by atomic mass is 79.9. The summed E-state index contributed by atoms with van der Waals surface area (Å²) in [4.78, 5) is 0. The molecule has 5 nitrogen and oxygen atoms in total. The van der Waals surface area contributed by atoms with Gasteiger partial charge in [0.25, 0.3) is 10.0 Å². The minimum Gasteiger partial charge on any atom is -0.229 e. The molecule has 2 heterocycles. The van der Waals surface area contributed by atoms with Crippen molar-refractivity contribution in [3.8, 4) is 0 Å². The van der Waals surface area contributed by atoms with E-state index >= 15 is 0 Å². The van der Waals surface area contributed by atoms with Crippen LogP contribution >= 0.6 is 38.9 Å². The molecule has 0 amide bonds. The van der Waals surface area contributed by atoms with Crippen LogP contribution in [0, 0.1) is 0 Å². The van der Waals surface area contributed by atoms with E-state index in [1.165, 1.54) is 6.07 Å². The second-order valence-electron chi connectivity index (χ2n) is 4.70. The van der Waals surface area contributed by atoms with Crippen molar-refractivity contribution in [2.75, 3.05) is 11.5 Å². The molecule has 1 atom stereocenters. The first-order valence-electron chi connectivity index (χ1n) is 5.22. The molecule has 108 valence electrons. The lowest BCUT2D eigenvalue weighted by atomic mass is 10.0. The van der Waals surface area contributed by atoms with Crippen LogP contribution < -0.4 is 4.72 Å². The van der Waals surface area contributed by atoms with E-state index in [9.17, 15) is 16.8 Å². The average Bonchev–Trinajstić information content (AvgIpc) is 2.68. The number of halogens is 2. The Labute approximate surface area is 129 Å². The van der Waals surface area contributed by atoms with Crippen molar-refractivity contribution in [2.24, 2.45) is 0 Å². The number of thiophene rings is 1. The van der Waals surface area contributed by atoms with Crippen LogP contribution in [0.2, 0.25) is 5.02 Å². The molecule has 2 rings (SSSR count). The quantitative estimate of drug-likeness (QED) is 0.829. The van der Waals surface area contributed by atoms with Gasteiger partial charge >= 0.3 is 0 Å². The van der Waals surface area contributed by atoms with Crippen LogP contribution in [0.15, 0.2) is 14.1 Å². The smallest absolute Gasteiger partial charge is 0.229 e. The molecular formula is C9H11BrClNO4S3. The SMILES string of the molecule is CC1(NS(=O)(=O)c2cc(Cl)c(Br)s2)CCS(=O)(=O)C1. The minimum atomic E-state index is -3.76. The zero-order valence-electron chi connectivity index (χ0n) is 9.81. The first-order chi connectivity index (χ1) is 8.53. The van der Waals surface area contributed by atoms with E-state index in [-0.39, 0.29) is 22.1 Å². The Morgan fingerprint density at radius 2 is 2.16 bits per heavy atom. The molecule has 0 aliphatic carbocycles. The van der Waals surface area contributed by atoms with Gasteiger partial charge in [0.15, 0.2) is 9.84 Å².